The van der Waals surface area contributed by atoms with Gasteiger partial charge in [-0.05, 0) is 29.8 Å². The van der Waals surface area contributed by atoms with Crippen LogP contribution in [0.15, 0.2) is 42.9 Å². The average Bonchev–Trinajstić information content (AvgIpc) is 2.89. The zero-order valence-corrected chi connectivity index (χ0v) is 12.9. The smallest absolute Gasteiger partial charge is 0.254 e. The summed E-state index contributed by atoms with van der Waals surface area (Å²) in [6.07, 6.45) is 4.73. The van der Waals surface area contributed by atoms with E-state index in [2.05, 4.69) is 16.0 Å². The summed E-state index contributed by atoms with van der Waals surface area (Å²) in [4.78, 5) is 21.9. The van der Waals surface area contributed by atoms with Gasteiger partial charge in [-0.25, -0.2) is 0 Å². The Morgan fingerprint density at radius 2 is 2.17 bits per heavy atom. The molecule has 1 amide bonds. The summed E-state index contributed by atoms with van der Waals surface area (Å²) >= 11 is 0. The summed E-state index contributed by atoms with van der Waals surface area (Å²) in [6, 6.07) is 9.21. The maximum Gasteiger partial charge on any atom is 0.254 e. The molecule has 0 aliphatic carbocycles. The largest absolute Gasteiger partial charge is 0.455 e. The van der Waals surface area contributed by atoms with Crippen LogP contribution in [0.4, 0.5) is 0 Å². The van der Waals surface area contributed by atoms with E-state index in [4.69, 9.17) is 4.74 Å². The quantitative estimate of drug-likeness (QED) is 0.726. The Balaban J connectivity index is 1.80. The van der Waals surface area contributed by atoms with Gasteiger partial charge in [0.25, 0.3) is 5.91 Å². The number of ether oxygens (including phenoxy) is 1. The van der Waals surface area contributed by atoms with Crippen molar-refractivity contribution in [2.24, 2.45) is 0 Å². The number of carbonyl (C=O) groups excluding carboxylic acids is 1. The van der Waals surface area contributed by atoms with Gasteiger partial charge in [-0.3, -0.25) is 14.8 Å². The maximum atomic E-state index is 12.0. The fourth-order valence-electron chi connectivity index (χ4n) is 2.83. The molecule has 6 heteroatoms. The van der Waals surface area contributed by atoms with Gasteiger partial charge < -0.3 is 9.64 Å². The lowest BCUT2D eigenvalue weighted by Crippen LogP contribution is -2.17. The third-order valence-electron chi connectivity index (χ3n) is 4.02. The molecule has 6 nitrogen and oxygen atoms in total. The number of pyridine rings is 2. The van der Waals surface area contributed by atoms with Crippen LogP contribution in [0.1, 0.15) is 21.5 Å². The van der Waals surface area contributed by atoms with Crippen molar-refractivity contribution in [3.05, 3.63) is 59.5 Å². The van der Waals surface area contributed by atoms with Crippen LogP contribution in [-0.2, 0) is 6.54 Å². The van der Waals surface area contributed by atoms with Crippen LogP contribution in [0.2, 0.25) is 0 Å². The number of aromatic nitrogens is 2. The van der Waals surface area contributed by atoms with Crippen molar-refractivity contribution < 1.29 is 9.53 Å². The predicted molar refractivity (Wildman–Crippen MR) is 86.6 cm³/mol. The van der Waals surface area contributed by atoms with Crippen LogP contribution in [0, 0.1) is 11.3 Å². The topological polar surface area (TPSA) is 79.1 Å². The second-order valence-electron chi connectivity index (χ2n) is 5.59. The van der Waals surface area contributed by atoms with Crippen molar-refractivity contribution in [2.75, 3.05) is 7.05 Å². The molecule has 0 radical (unpaired) electrons. The molecule has 1 aliphatic rings. The van der Waals surface area contributed by atoms with E-state index in [0.717, 1.165) is 10.9 Å². The first-order chi connectivity index (χ1) is 11.7. The van der Waals surface area contributed by atoms with Gasteiger partial charge in [-0.2, -0.15) is 5.26 Å². The molecule has 3 aromatic rings. The first-order valence-electron chi connectivity index (χ1n) is 7.36. The number of rotatable bonds is 2. The van der Waals surface area contributed by atoms with E-state index in [1.165, 1.54) is 6.20 Å². The van der Waals surface area contributed by atoms with Gasteiger partial charge in [0, 0.05) is 36.9 Å². The summed E-state index contributed by atoms with van der Waals surface area (Å²) in [5.74, 6) is 1.04. The van der Waals surface area contributed by atoms with Crippen LogP contribution in [0.3, 0.4) is 0 Å². The number of hydrogen-bond donors (Lipinski definition) is 0. The average molecular weight is 316 g/mol. The zero-order valence-electron chi connectivity index (χ0n) is 12.9. The van der Waals surface area contributed by atoms with E-state index < -0.39 is 0 Å². The SMILES string of the molecule is CN1Cc2cc(Oc3c(C#N)cnc4cnccc34)ccc2C1=O. The first kappa shape index (κ1) is 14.2. The summed E-state index contributed by atoms with van der Waals surface area (Å²) in [7, 11) is 1.76. The lowest BCUT2D eigenvalue weighted by atomic mass is 10.1. The number of carbonyl (C=O) groups is 1. The van der Waals surface area contributed by atoms with Crippen LogP contribution in [-0.4, -0.2) is 27.8 Å². The van der Waals surface area contributed by atoms with E-state index in [1.807, 2.05) is 6.07 Å². The molecule has 0 fully saturated rings. The lowest BCUT2D eigenvalue weighted by Gasteiger charge is -2.11. The zero-order chi connectivity index (χ0) is 16.7. The number of fused-ring (bicyclic) bond motifs is 2. The van der Waals surface area contributed by atoms with E-state index in [1.54, 1.807) is 42.5 Å². The Morgan fingerprint density at radius 3 is 3.00 bits per heavy atom. The van der Waals surface area contributed by atoms with Crippen molar-refractivity contribution in [2.45, 2.75) is 6.54 Å². The highest BCUT2D eigenvalue weighted by Gasteiger charge is 2.24. The number of benzene rings is 1. The molecule has 0 saturated heterocycles. The first-order valence-corrected chi connectivity index (χ1v) is 7.36. The van der Waals surface area contributed by atoms with Gasteiger partial charge >= 0.3 is 0 Å². The number of nitrogens with zero attached hydrogens (tertiary/aromatic N) is 4. The normalized spacial score (nSPS) is 13.0. The van der Waals surface area contributed by atoms with Crippen LogP contribution in [0.25, 0.3) is 10.9 Å². The van der Waals surface area contributed by atoms with E-state index in [-0.39, 0.29) is 5.91 Å². The van der Waals surface area contributed by atoms with Crippen LogP contribution in [0.5, 0.6) is 11.5 Å². The van der Waals surface area contributed by atoms with Crippen molar-refractivity contribution >= 4 is 16.8 Å². The van der Waals surface area contributed by atoms with Crippen LogP contribution >= 0.6 is 0 Å². The highest BCUT2D eigenvalue weighted by Crippen LogP contribution is 2.34. The summed E-state index contributed by atoms with van der Waals surface area (Å²) in [6.45, 7) is 0.553. The highest BCUT2D eigenvalue weighted by molar-refractivity contribution is 5.98. The molecule has 0 bridgehead atoms. The molecule has 1 aromatic carbocycles. The Morgan fingerprint density at radius 1 is 1.29 bits per heavy atom. The van der Waals surface area contributed by atoms with Gasteiger partial charge in [0.15, 0.2) is 5.75 Å². The van der Waals surface area contributed by atoms with Crippen molar-refractivity contribution in [1.82, 2.24) is 14.9 Å². The van der Waals surface area contributed by atoms with Gasteiger partial charge in [-0.1, -0.05) is 0 Å². The minimum absolute atomic E-state index is 0.00898. The van der Waals surface area contributed by atoms with E-state index >= 15 is 0 Å². The Kier molecular flexibility index (Phi) is 3.14. The molecule has 0 N–H and O–H groups in total. The van der Waals surface area contributed by atoms with Crippen molar-refractivity contribution in [3.8, 4) is 17.6 Å². The van der Waals surface area contributed by atoms with E-state index in [9.17, 15) is 10.1 Å². The highest BCUT2D eigenvalue weighted by atomic mass is 16.5. The Labute approximate surface area is 137 Å². The Hall–Kier alpha value is -3.46. The molecule has 2 aromatic heterocycles. The third kappa shape index (κ3) is 2.15. The lowest BCUT2D eigenvalue weighted by molar-refractivity contribution is 0.0816. The molecule has 4 rings (SSSR count). The van der Waals surface area contributed by atoms with Crippen LogP contribution < -0.4 is 4.74 Å². The van der Waals surface area contributed by atoms with Crippen molar-refractivity contribution in [1.29, 1.82) is 5.26 Å². The molecule has 0 unspecified atom stereocenters. The maximum absolute atomic E-state index is 12.0. The fourth-order valence-corrected chi connectivity index (χ4v) is 2.83. The monoisotopic (exact) mass is 316 g/mol. The molecule has 24 heavy (non-hydrogen) atoms. The predicted octanol–water partition coefficient (Wildman–Crippen LogP) is 2.88. The molecule has 0 spiro atoms. The number of hydrogen-bond acceptors (Lipinski definition) is 5. The van der Waals surface area contributed by atoms with Gasteiger partial charge in [0.2, 0.25) is 0 Å². The molecule has 3 heterocycles. The van der Waals surface area contributed by atoms with E-state index in [0.29, 0.717) is 34.7 Å². The number of nitriles is 1. The van der Waals surface area contributed by atoms with Gasteiger partial charge in [0.1, 0.15) is 17.4 Å². The molecular formula is C18H12N4O2. The standard InChI is InChI=1S/C18H12N4O2/c1-22-10-11-6-13(2-3-14(11)18(22)23)24-17-12(7-19)8-21-16-9-20-5-4-15(16)17/h2-6,8-9H,10H2,1H3. The molecule has 1 aliphatic heterocycles. The second-order valence-corrected chi connectivity index (χ2v) is 5.59. The summed E-state index contributed by atoms with van der Waals surface area (Å²) in [5, 5.41) is 10.1. The molecule has 0 saturated carbocycles. The second kappa shape index (κ2) is 5.32. The Bertz CT molecular complexity index is 1020. The molecule has 0 atom stereocenters. The minimum Gasteiger partial charge on any atom is -0.455 e. The van der Waals surface area contributed by atoms with Gasteiger partial charge in [-0.15, -0.1) is 0 Å². The molecular weight excluding hydrogens is 304 g/mol. The third-order valence-corrected chi connectivity index (χ3v) is 4.02. The van der Waals surface area contributed by atoms with Crippen molar-refractivity contribution in [3.63, 3.8) is 0 Å². The number of amides is 1. The minimum atomic E-state index is 0.00898. The summed E-state index contributed by atoms with van der Waals surface area (Å²) in [5.41, 5.74) is 2.61. The van der Waals surface area contributed by atoms with Gasteiger partial charge in [0.05, 0.1) is 11.7 Å². The molecule has 116 valence electrons. The summed E-state index contributed by atoms with van der Waals surface area (Å²) < 4.78 is 5.99. The fraction of sp³-hybridized carbons (Fsp3) is 0.111.